The molecular weight excluding hydrogens is 262 g/mol. The standard InChI is InChI=1S/C12H17N5OS/c1-8-5-11(18)17-12(14-8)19-10(15-17)7-16-4-2-3-9(16)6-13/h5,9H,2-4,6-7,13H2,1H3. The van der Waals surface area contributed by atoms with Gasteiger partial charge in [0.1, 0.15) is 5.01 Å². The van der Waals surface area contributed by atoms with Gasteiger partial charge in [0, 0.05) is 24.3 Å². The van der Waals surface area contributed by atoms with Crippen molar-refractivity contribution < 1.29 is 0 Å². The molecule has 19 heavy (non-hydrogen) atoms. The minimum Gasteiger partial charge on any atom is -0.329 e. The van der Waals surface area contributed by atoms with Crippen molar-refractivity contribution in [1.82, 2.24) is 19.5 Å². The molecule has 3 rings (SSSR count). The van der Waals surface area contributed by atoms with Crippen LogP contribution in [0.15, 0.2) is 10.9 Å². The Bertz CT molecular complexity index is 649. The number of hydrogen-bond donors (Lipinski definition) is 1. The Morgan fingerprint density at radius 2 is 2.42 bits per heavy atom. The zero-order chi connectivity index (χ0) is 13.4. The molecule has 3 heterocycles. The summed E-state index contributed by atoms with van der Waals surface area (Å²) in [6.45, 7) is 4.32. The third kappa shape index (κ3) is 2.41. The van der Waals surface area contributed by atoms with Crippen LogP contribution in [-0.2, 0) is 6.54 Å². The Labute approximate surface area is 114 Å². The quantitative estimate of drug-likeness (QED) is 0.879. The lowest BCUT2D eigenvalue weighted by molar-refractivity contribution is 0.249. The summed E-state index contributed by atoms with van der Waals surface area (Å²) in [4.78, 5) is 19.2. The van der Waals surface area contributed by atoms with E-state index in [1.165, 1.54) is 28.3 Å². The van der Waals surface area contributed by atoms with Crippen molar-refractivity contribution in [3.63, 3.8) is 0 Å². The highest BCUT2D eigenvalue weighted by molar-refractivity contribution is 7.16. The first-order valence-electron chi connectivity index (χ1n) is 6.48. The van der Waals surface area contributed by atoms with Gasteiger partial charge in [0.25, 0.3) is 5.56 Å². The lowest BCUT2D eigenvalue weighted by Gasteiger charge is -2.21. The Morgan fingerprint density at radius 1 is 1.58 bits per heavy atom. The van der Waals surface area contributed by atoms with Crippen LogP contribution in [0.5, 0.6) is 0 Å². The van der Waals surface area contributed by atoms with Crippen LogP contribution < -0.4 is 11.3 Å². The van der Waals surface area contributed by atoms with Gasteiger partial charge in [-0.1, -0.05) is 11.3 Å². The number of nitrogens with two attached hydrogens (primary N) is 1. The van der Waals surface area contributed by atoms with Crippen LogP contribution in [0.3, 0.4) is 0 Å². The molecule has 2 aromatic heterocycles. The minimum absolute atomic E-state index is 0.109. The van der Waals surface area contributed by atoms with Gasteiger partial charge in [0.05, 0.1) is 6.54 Å². The Morgan fingerprint density at radius 3 is 3.21 bits per heavy atom. The highest BCUT2D eigenvalue weighted by Crippen LogP contribution is 2.21. The van der Waals surface area contributed by atoms with Crippen LogP contribution in [0.2, 0.25) is 0 Å². The van der Waals surface area contributed by atoms with Gasteiger partial charge in [-0.05, 0) is 26.3 Å². The first-order chi connectivity index (χ1) is 9.17. The Balaban J connectivity index is 1.89. The molecule has 102 valence electrons. The second kappa shape index (κ2) is 4.99. The molecular formula is C12H17N5OS. The van der Waals surface area contributed by atoms with E-state index in [4.69, 9.17) is 5.73 Å². The number of aryl methyl sites for hydroxylation is 1. The van der Waals surface area contributed by atoms with E-state index in [0.29, 0.717) is 17.5 Å². The predicted octanol–water partition coefficient (Wildman–Crippen LogP) is 0.383. The van der Waals surface area contributed by atoms with E-state index in [2.05, 4.69) is 15.0 Å². The summed E-state index contributed by atoms with van der Waals surface area (Å²) in [5, 5.41) is 5.29. The molecule has 0 saturated carbocycles. The van der Waals surface area contributed by atoms with Gasteiger partial charge in [-0.15, -0.1) is 0 Å². The molecule has 0 bridgehead atoms. The molecule has 1 fully saturated rings. The predicted molar refractivity (Wildman–Crippen MR) is 74.4 cm³/mol. The molecule has 0 radical (unpaired) electrons. The first-order valence-corrected chi connectivity index (χ1v) is 7.29. The summed E-state index contributed by atoms with van der Waals surface area (Å²) in [5.41, 5.74) is 6.40. The molecule has 2 N–H and O–H groups in total. The zero-order valence-corrected chi connectivity index (χ0v) is 11.7. The summed E-state index contributed by atoms with van der Waals surface area (Å²) in [5.74, 6) is 0. The number of aromatic nitrogens is 3. The average Bonchev–Trinajstić information content (AvgIpc) is 2.95. The maximum Gasteiger partial charge on any atom is 0.275 e. The van der Waals surface area contributed by atoms with E-state index in [-0.39, 0.29) is 5.56 Å². The maximum atomic E-state index is 11.8. The highest BCUT2D eigenvalue weighted by Gasteiger charge is 2.24. The molecule has 7 heteroatoms. The molecule has 0 spiro atoms. The Kier molecular flexibility index (Phi) is 3.34. The van der Waals surface area contributed by atoms with Gasteiger partial charge in [-0.3, -0.25) is 9.69 Å². The third-order valence-electron chi connectivity index (χ3n) is 3.52. The fourth-order valence-corrected chi connectivity index (χ4v) is 3.54. The van der Waals surface area contributed by atoms with E-state index < -0.39 is 0 Å². The van der Waals surface area contributed by atoms with Crippen molar-refractivity contribution in [2.24, 2.45) is 5.73 Å². The molecule has 1 unspecified atom stereocenters. The van der Waals surface area contributed by atoms with E-state index in [1.807, 2.05) is 6.92 Å². The van der Waals surface area contributed by atoms with Crippen LogP contribution in [0.4, 0.5) is 0 Å². The van der Waals surface area contributed by atoms with Crippen molar-refractivity contribution in [2.45, 2.75) is 32.4 Å². The number of hydrogen-bond acceptors (Lipinski definition) is 6. The lowest BCUT2D eigenvalue weighted by atomic mass is 10.2. The van der Waals surface area contributed by atoms with E-state index >= 15 is 0 Å². The van der Waals surface area contributed by atoms with Gasteiger partial charge in [0.15, 0.2) is 0 Å². The lowest BCUT2D eigenvalue weighted by Crippen LogP contribution is -2.34. The smallest absolute Gasteiger partial charge is 0.275 e. The maximum absolute atomic E-state index is 11.8. The summed E-state index contributed by atoms with van der Waals surface area (Å²) >= 11 is 1.48. The molecule has 2 aromatic rings. The number of rotatable bonds is 3. The molecule has 0 aromatic carbocycles. The molecule has 0 aliphatic carbocycles. The van der Waals surface area contributed by atoms with E-state index in [0.717, 1.165) is 30.2 Å². The van der Waals surface area contributed by atoms with Crippen LogP contribution >= 0.6 is 11.3 Å². The van der Waals surface area contributed by atoms with Crippen LogP contribution in [0.1, 0.15) is 23.5 Å². The van der Waals surface area contributed by atoms with Gasteiger partial charge >= 0.3 is 0 Å². The molecule has 1 aliphatic rings. The number of fused-ring (bicyclic) bond motifs is 1. The fraction of sp³-hybridized carbons (Fsp3) is 0.583. The Hall–Kier alpha value is -1.31. The van der Waals surface area contributed by atoms with Crippen LogP contribution in [0.25, 0.3) is 4.96 Å². The fourth-order valence-electron chi connectivity index (χ4n) is 2.57. The second-order valence-electron chi connectivity index (χ2n) is 4.93. The van der Waals surface area contributed by atoms with Gasteiger partial charge in [-0.2, -0.15) is 9.61 Å². The van der Waals surface area contributed by atoms with E-state index in [1.54, 1.807) is 0 Å². The molecule has 1 atom stereocenters. The van der Waals surface area contributed by atoms with Crippen LogP contribution in [0, 0.1) is 6.92 Å². The largest absolute Gasteiger partial charge is 0.329 e. The normalized spacial score (nSPS) is 20.4. The minimum atomic E-state index is -0.109. The summed E-state index contributed by atoms with van der Waals surface area (Å²) < 4.78 is 1.39. The van der Waals surface area contributed by atoms with Gasteiger partial charge in [0.2, 0.25) is 4.96 Å². The van der Waals surface area contributed by atoms with Crippen molar-refractivity contribution in [2.75, 3.05) is 13.1 Å². The van der Waals surface area contributed by atoms with Crippen molar-refractivity contribution in [3.8, 4) is 0 Å². The van der Waals surface area contributed by atoms with Crippen molar-refractivity contribution in [1.29, 1.82) is 0 Å². The molecule has 6 nitrogen and oxygen atoms in total. The summed E-state index contributed by atoms with van der Waals surface area (Å²) in [7, 11) is 0. The molecule has 1 saturated heterocycles. The first kappa shape index (κ1) is 12.7. The monoisotopic (exact) mass is 279 g/mol. The number of nitrogens with zero attached hydrogens (tertiary/aromatic N) is 4. The molecule has 0 amide bonds. The second-order valence-corrected chi connectivity index (χ2v) is 5.97. The highest BCUT2D eigenvalue weighted by atomic mass is 32.1. The number of likely N-dealkylation sites (tertiary alicyclic amines) is 1. The average molecular weight is 279 g/mol. The van der Waals surface area contributed by atoms with Crippen LogP contribution in [-0.4, -0.2) is 38.6 Å². The topological polar surface area (TPSA) is 76.5 Å². The summed E-state index contributed by atoms with van der Waals surface area (Å²) in [6, 6.07) is 1.95. The van der Waals surface area contributed by atoms with Crippen molar-refractivity contribution >= 4 is 16.3 Å². The molecule has 1 aliphatic heterocycles. The summed E-state index contributed by atoms with van der Waals surface area (Å²) in [6.07, 6.45) is 2.34. The van der Waals surface area contributed by atoms with Crippen molar-refractivity contribution in [3.05, 3.63) is 27.1 Å². The van der Waals surface area contributed by atoms with Gasteiger partial charge < -0.3 is 5.73 Å². The zero-order valence-electron chi connectivity index (χ0n) is 10.9. The van der Waals surface area contributed by atoms with Gasteiger partial charge in [-0.25, -0.2) is 4.98 Å². The SMILES string of the molecule is Cc1cc(=O)n2nc(CN3CCCC3CN)sc2n1. The van der Waals surface area contributed by atoms with E-state index in [9.17, 15) is 4.79 Å². The third-order valence-corrected chi connectivity index (χ3v) is 4.42.